The number of likely N-dealkylation sites (tertiary alicyclic amines) is 1. The first-order valence-corrected chi connectivity index (χ1v) is 7.96. The van der Waals surface area contributed by atoms with E-state index in [-0.39, 0.29) is 18.0 Å². The summed E-state index contributed by atoms with van der Waals surface area (Å²) in [4.78, 5) is 14.9. The summed E-state index contributed by atoms with van der Waals surface area (Å²) in [6.07, 6.45) is 3.31. The molecule has 2 atom stereocenters. The highest BCUT2D eigenvalue weighted by molar-refractivity contribution is 6.30. The molecule has 21 heavy (non-hydrogen) atoms. The van der Waals surface area contributed by atoms with Crippen molar-refractivity contribution in [3.05, 3.63) is 29.3 Å². The van der Waals surface area contributed by atoms with Crippen LogP contribution in [0.5, 0.6) is 5.75 Å². The number of piperidine rings is 1. The number of rotatable bonds is 3. The van der Waals surface area contributed by atoms with Crippen LogP contribution in [0.2, 0.25) is 5.02 Å². The molecular formula is C17H24ClNO2. The molecule has 116 valence electrons. The lowest BCUT2D eigenvalue weighted by Crippen LogP contribution is -2.56. The zero-order valence-electron chi connectivity index (χ0n) is 13.2. The van der Waals surface area contributed by atoms with Crippen LogP contribution < -0.4 is 4.74 Å². The van der Waals surface area contributed by atoms with E-state index in [1.807, 2.05) is 18.7 Å². The van der Waals surface area contributed by atoms with Crippen LogP contribution in [0.1, 0.15) is 47.0 Å². The van der Waals surface area contributed by atoms with Crippen LogP contribution in [0, 0.1) is 0 Å². The molecule has 0 radical (unpaired) electrons. The Morgan fingerprint density at radius 3 is 2.24 bits per heavy atom. The normalized spacial score (nSPS) is 23.0. The van der Waals surface area contributed by atoms with Crippen molar-refractivity contribution in [3.8, 4) is 5.75 Å². The van der Waals surface area contributed by atoms with Crippen LogP contribution in [-0.4, -0.2) is 28.5 Å². The van der Waals surface area contributed by atoms with Crippen LogP contribution in [0.25, 0.3) is 0 Å². The van der Waals surface area contributed by atoms with E-state index in [4.69, 9.17) is 16.3 Å². The summed E-state index contributed by atoms with van der Waals surface area (Å²) in [5.74, 6) is 0.715. The van der Waals surface area contributed by atoms with E-state index in [1.54, 1.807) is 24.3 Å². The smallest absolute Gasteiger partial charge is 0.266 e. The molecule has 0 bridgehead atoms. The fourth-order valence-corrected chi connectivity index (χ4v) is 3.10. The zero-order valence-corrected chi connectivity index (χ0v) is 14.0. The Kier molecular flexibility index (Phi) is 4.82. The second-order valence-electron chi connectivity index (χ2n) is 6.41. The van der Waals surface area contributed by atoms with Crippen LogP contribution in [0.3, 0.4) is 0 Å². The van der Waals surface area contributed by atoms with Crippen molar-refractivity contribution < 1.29 is 9.53 Å². The summed E-state index contributed by atoms with van der Waals surface area (Å²) in [6, 6.07) is 7.66. The molecule has 1 amide bonds. The predicted molar refractivity (Wildman–Crippen MR) is 85.8 cm³/mol. The largest absolute Gasteiger partial charge is 0.478 e. The fraction of sp³-hybridized carbons (Fsp3) is 0.588. The van der Waals surface area contributed by atoms with Gasteiger partial charge in [0.15, 0.2) is 5.60 Å². The van der Waals surface area contributed by atoms with Gasteiger partial charge in [-0.25, -0.2) is 0 Å². The minimum absolute atomic E-state index is 0.0529. The Hall–Kier alpha value is -1.22. The third-order valence-corrected chi connectivity index (χ3v) is 4.38. The van der Waals surface area contributed by atoms with Crippen LogP contribution in [0.15, 0.2) is 24.3 Å². The first-order chi connectivity index (χ1) is 9.81. The monoisotopic (exact) mass is 309 g/mol. The molecule has 4 heteroatoms. The second-order valence-corrected chi connectivity index (χ2v) is 6.84. The number of hydrogen-bond donors (Lipinski definition) is 0. The lowest BCUT2D eigenvalue weighted by atomic mass is 9.94. The number of halogens is 1. The number of hydrogen-bond acceptors (Lipinski definition) is 2. The Labute approximate surface area is 132 Å². The SMILES string of the molecule is C[C@@H]1CCC[C@H](C)N1C(=O)C(C)(C)Oc1ccc(Cl)cc1. The van der Waals surface area contributed by atoms with Crippen molar-refractivity contribution in [2.45, 2.75) is 64.6 Å². The highest BCUT2D eigenvalue weighted by atomic mass is 35.5. The Morgan fingerprint density at radius 2 is 1.71 bits per heavy atom. The number of ether oxygens (including phenoxy) is 1. The van der Waals surface area contributed by atoms with E-state index in [2.05, 4.69) is 13.8 Å². The van der Waals surface area contributed by atoms with Crippen LogP contribution >= 0.6 is 11.6 Å². The molecule has 0 N–H and O–H groups in total. The average molecular weight is 310 g/mol. The van der Waals surface area contributed by atoms with Gasteiger partial charge in [-0.2, -0.15) is 0 Å². The molecule has 3 nitrogen and oxygen atoms in total. The van der Waals surface area contributed by atoms with E-state index >= 15 is 0 Å². The number of benzene rings is 1. The van der Waals surface area contributed by atoms with Gasteiger partial charge < -0.3 is 9.64 Å². The first-order valence-electron chi connectivity index (χ1n) is 7.58. The zero-order chi connectivity index (χ0) is 15.6. The molecule has 1 fully saturated rings. The highest BCUT2D eigenvalue weighted by Crippen LogP contribution is 2.28. The van der Waals surface area contributed by atoms with Gasteiger partial charge >= 0.3 is 0 Å². The molecular weight excluding hydrogens is 286 g/mol. The third-order valence-electron chi connectivity index (χ3n) is 4.13. The van der Waals surface area contributed by atoms with Gasteiger partial charge in [0.1, 0.15) is 5.75 Å². The maximum Gasteiger partial charge on any atom is 0.266 e. The van der Waals surface area contributed by atoms with E-state index in [0.29, 0.717) is 10.8 Å². The molecule has 1 aliphatic heterocycles. The molecule has 1 aromatic carbocycles. The Morgan fingerprint density at radius 1 is 1.19 bits per heavy atom. The van der Waals surface area contributed by atoms with Crippen LogP contribution in [0.4, 0.5) is 0 Å². The van der Waals surface area contributed by atoms with Gasteiger partial charge in [0.05, 0.1) is 0 Å². The average Bonchev–Trinajstić information content (AvgIpc) is 2.41. The molecule has 0 spiro atoms. The van der Waals surface area contributed by atoms with Crippen molar-refractivity contribution in [1.82, 2.24) is 4.90 Å². The van der Waals surface area contributed by atoms with Gasteiger partial charge in [-0.3, -0.25) is 4.79 Å². The second kappa shape index (κ2) is 6.27. The fourth-order valence-electron chi connectivity index (χ4n) is 2.97. The minimum Gasteiger partial charge on any atom is -0.478 e. The van der Waals surface area contributed by atoms with Gasteiger partial charge in [-0.15, -0.1) is 0 Å². The van der Waals surface area contributed by atoms with Crippen molar-refractivity contribution >= 4 is 17.5 Å². The molecule has 1 aromatic rings. The van der Waals surface area contributed by atoms with E-state index < -0.39 is 5.60 Å². The quantitative estimate of drug-likeness (QED) is 0.833. The van der Waals surface area contributed by atoms with Crippen molar-refractivity contribution in [1.29, 1.82) is 0 Å². The molecule has 1 saturated heterocycles. The summed E-state index contributed by atoms with van der Waals surface area (Å²) in [6.45, 7) is 7.90. The number of amides is 1. The molecule has 1 heterocycles. The van der Waals surface area contributed by atoms with E-state index in [1.165, 1.54) is 6.42 Å². The topological polar surface area (TPSA) is 29.5 Å². The maximum atomic E-state index is 12.9. The summed E-state index contributed by atoms with van der Waals surface area (Å²) in [5.41, 5.74) is -0.881. The first kappa shape index (κ1) is 16.2. The molecule has 0 saturated carbocycles. The van der Waals surface area contributed by atoms with Crippen molar-refractivity contribution in [2.75, 3.05) is 0 Å². The maximum absolute atomic E-state index is 12.9. The van der Waals surface area contributed by atoms with Crippen LogP contribution in [-0.2, 0) is 4.79 Å². The molecule has 0 aliphatic carbocycles. The highest BCUT2D eigenvalue weighted by Gasteiger charge is 2.39. The van der Waals surface area contributed by atoms with Gasteiger partial charge in [-0.1, -0.05) is 11.6 Å². The molecule has 0 unspecified atom stereocenters. The van der Waals surface area contributed by atoms with Gasteiger partial charge in [0.25, 0.3) is 5.91 Å². The molecule has 2 rings (SSSR count). The van der Waals surface area contributed by atoms with Crippen molar-refractivity contribution in [2.24, 2.45) is 0 Å². The van der Waals surface area contributed by atoms with Gasteiger partial charge in [0.2, 0.25) is 0 Å². The lowest BCUT2D eigenvalue weighted by Gasteiger charge is -2.42. The predicted octanol–water partition coefficient (Wildman–Crippen LogP) is 4.29. The van der Waals surface area contributed by atoms with Gasteiger partial charge in [0, 0.05) is 17.1 Å². The van der Waals surface area contributed by atoms with E-state index in [0.717, 1.165) is 12.8 Å². The third kappa shape index (κ3) is 3.70. The summed E-state index contributed by atoms with van der Waals surface area (Å²) in [7, 11) is 0. The summed E-state index contributed by atoms with van der Waals surface area (Å²) in [5, 5.41) is 0.657. The Bertz CT molecular complexity index is 488. The van der Waals surface area contributed by atoms with Crippen molar-refractivity contribution in [3.63, 3.8) is 0 Å². The lowest BCUT2D eigenvalue weighted by molar-refractivity contribution is -0.151. The van der Waals surface area contributed by atoms with E-state index in [9.17, 15) is 4.79 Å². The number of carbonyl (C=O) groups is 1. The summed E-state index contributed by atoms with van der Waals surface area (Å²) < 4.78 is 5.92. The number of nitrogens with zero attached hydrogens (tertiary/aromatic N) is 1. The molecule has 1 aliphatic rings. The molecule has 0 aromatic heterocycles. The van der Waals surface area contributed by atoms with Gasteiger partial charge in [-0.05, 0) is 71.2 Å². The standard InChI is InChI=1S/C17H24ClNO2/c1-12-6-5-7-13(2)19(12)16(20)17(3,4)21-15-10-8-14(18)9-11-15/h8-13H,5-7H2,1-4H3/t12-,13+. The minimum atomic E-state index is -0.881. The number of carbonyl (C=O) groups excluding carboxylic acids is 1. The Balaban J connectivity index is 2.13. The summed E-state index contributed by atoms with van der Waals surface area (Å²) >= 11 is 5.87.